The molecule has 1 amide bonds. The summed E-state index contributed by atoms with van der Waals surface area (Å²) in [5.74, 6) is 2.06. The molecule has 3 heterocycles. The zero-order valence-corrected chi connectivity index (χ0v) is 20.3. The Morgan fingerprint density at radius 2 is 1.74 bits per heavy atom. The quantitative estimate of drug-likeness (QED) is 0.423. The number of carbonyl (C=O) groups is 1. The van der Waals surface area contributed by atoms with Gasteiger partial charge in [-0.25, -0.2) is 0 Å². The summed E-state index contributed by atoms with van der Waals surface area (Å²) in [6, 6.07) is 15.7. The van der Waals surface area contributed by atoms with Crippen LogP contribution in [0.25, 0.3) is 22.3 Å². The third-order valence-electron chi connectivity index (χ3n) is 6.71. The fourth-order valence-corrected chi connectivity index (χ4v) is 4.62. The van der Waals surface area contributed by atoms with Crippen LogP contribution in [0.1, 0.15) is 22.7 Å². The monoisotopic (exact) mass is 471 g/mol. The molecule has 8 heteroatoms. The summed E-state index contributed by atoms with van der Waals surface area (Å²) in [4.78, 5) is 26.5. The summed E-state index contributed by atoms with van der Waals surface area (Å²) in [5, 5.41) is 5.22. The Labute approximate surface area is 204 Å². The molecule has 0 saturated carbocycles. The minimum Gasteiger partial charge on any atom is -0.497 e. The van der Waals surface area contributed by atoms with Crippen LogP contribution in [0.15, 0.2) is 53.1 Å². The number of hydrogen-bond acceptors (Lipinski definition) is 7. The summed E-state index contributed by atoms with van der Waals surface area (Å²) in [6.45, 7) is 7.53. The number of rotatable bonds is 6. The molecule has 0 atom stereocenters. The van der Waals surface area contributed by atoms with E-state index >= 15 is 0 Å². The Morgan fingerprint density at radius 1 is 1.00 bits per heavy atom. The van der Waals surface area contributed by atoms with Crippen LogP contribution in [-0.2, 0) is 17.8 Å². The number of para-hydroxylation sites is 1. The molecule has 35 heavy (non-hydrogen) atoms. The van der Waals surface area contributed by atoms with Crippen molar-refractivity contribution >= 4 is 16.8 Å². The summed E-state index contributed by atoms with van der Waals surface area (Å²) in [5.41, 5.74) is 4.96. The fourth-order valence-electron chi connectivity index (χ4n) is 4.62. The number of hydrogen-bond donors (Lipinski definition) is 0. The molecular formula is C27H29N5O3. The highest BCUT2D eigenvalue weighted by Gasteiger charge is 2.24. The first kappa shape index (κ1) is 23.0. The lowest BCUT2D eigenvalue weighted by Crippen LogP contribution is -2.48. The van der Waals surface area contributed by atoms with E-state index < -0.39 is 0 Å². The first-order valence-electron chi connectivity index (χ1n) is 11.8. The van der Waals surface area contributed by atoms with Crippen LogP contribution in [0.5, 0.6) is 5.75 Å². The van der Waals surface area contributed by atoms with E-state index in [1.807, 2.05) is 54.3 Å². The second-order valence-electron chi connectivity index (χ2n) is 8.89. The molecule has 0 bridgehead atoms. The summed E-state index contributed by atoms with van der Waals surface area (Å²) >= 11 is 0. The van der Waals surface area contributed by atoms with Crippen molar-refractivity contribution in [1.29, 1.82) is 0 Å². The van der Waals surface area contributed by atoms with Gasteiger partial charge in [0.1, 0.15) is 5.75 Å². The van der Waals surface area contributed by atoms with Crippen molar-refractivity contribution in [2.75, 3.05) is 33.3 Å². The van der Waals surface area contributed by atoms with E-state index in [4.69, 9.17) is 14.2 Å². The number of benzene rings is 2. The molecule has 2 aromatic carbocycles. The second kappa shape index (κ2) is 9.84. The molecule has 4 aromatic rings. The van der Waals surface area contributed by atoms with Gasteiger partial charge < -0.3 is 14.2 Å². The number of aromatic nitrogens is 3. The molecule has 1 aliphatic rings. The molecule has 0 radical (unpaired) electrons. The molecule has 8 nitrogen and oxygen atoms in total. The van der Waals surface area contributed by atoms with Crippen LogP contribution in [-0.4, -0.2) is 64.1 Å². The van der Waals surface area contributed by atoms with Crippen molar-refractivity contribution < 1.29 is 14.1 Å². The third-order valence-corrected chi connectivity index (χ3v) is 6.71. The number of aryl methyl sites for hydroxylation is 2. The van der Waals surface area contributed by atoms with Crippen molar-refractivity contribution in [3.05, 3.63) is 71.2 Å². The molecule has 0 N–H and O–H groups in total. The lowest BCUT2D eigenvalue weighted by molar-refractivity contribution is -0.132. The summed E-state index contributed by atoms with van der Waals surface area (Å²) in [6.07, 6.45) is 0.379. The zero-order valence-electron chi connectivity index (χ0n) is 20.3. The predicted molar refractivity (Wildman–Crippen MR) is 133 cm³/mol. The van der Waals surface area contributed by atoms with Gasteiger partial charge in [-0.1, -0.05) is 23.4 Å². The minimum absolute atomic E-state index is 0.146. The Bertz CT molecular complexity index is 1340. The molecule has 180 valence electrons. The van der Waals surface area contributed by atoms with Crippen molar-refractivity contribution in [3.63, 3.8) is 0 Å². The average Bonchev–Trinajstić information content (AvgIpc) is 3.35. The highest BCUT2D eigenvalue weighted by molar-refractivity contribution is 5.86. The van der Waals surface area contributed by atoms with Gasteiger partial charge in [0, 0.05) is 42.8 Å². The molecular weight excluding hydrogens is 442 g/mol. The van der Waals surface area contributed by atoms with Gasteiger partial charge in [-0.05, 0) is 55.3 Å². The summed E-state index contributed by atoms with van der Waals surface area (Å²) < 4.78 is 10.7. The van der Waals surface area contributed by atoms with E-state index in [1.165, 1.54) is 0 Å². The zero-order chi connectivity index (χ0) is 24.4. The molecule has 1 aliphatic heterocycles. The van der Waals surface area contributed by atoms with Crippen molar-refractivity contribution in [2.24, 2.45) is 0 Å². The summed E-state index contributed by atoms with van der Waals surface area (Å²) in [7, 11) is 1.64. The first-order valence-corrected chi connectivity index (χ1v) is 11.8. The van der Waals surface area contributed by atoms with Gasteiger partial charge in [0.2, 0.25) is 17.6 Å². The number of piperazine rings is 1. The number of pyridine rings is 1. The Morgan fingerprint density at radius 3 is 2.49 bits per heavy atom. The van der Waals surface area contributed by atoms with E-state index in [1.54, 1.807) is 7.11 Å². The van der Waals surface area contributed by atoms with Crippen LogP contribution < -0.4 is 4.74 Å². The number of ether oxygens (including phenoxy) is 1. The van der Waals surface area contributed by atoms with Gasteiger partial charge in [-0.3, -0.25) is 14.7 Å². The van der Waals surface area contributed by atoms with E-state index in [2.05, 4.69) is 28.0 Å². The molecule has 0 unspecified atom stereocenters. The minimum atomic E-state index is 0.146. The lowest BCUT2D eigenvalue weighted by Gasteiger charge is -2.34. The molecule has 5 rings (SSSR count). The van der Waals surface area contributed by atoms with E-state index in [9.17, 15) is 4.79 Å². The fraction of sp³-hybridized carbons (Fsp3) is 0.333. The van der Waals surface area contributed by atoms with Crippen molar-refractivity contribution in [2.45, 2.75) is 26.8 Å². The van der Waals surface area contributed by atoms with Crippen LogP contribution in [0.4, 0.5) is 0 Å². The molecule has 1 fully saturated rings. The maximum atomic E-state index is 13.1. The maximum Gasteiger partial charge on any atom is 0.241 e. The van der Waals surface area contributed by atoms with Gasteiger partial charge in [0.15, 0.2) is 0 Å². The average molecular weight is 472 g/mol. The molecule has 1 saturated heterocycles. The smallest absolute Gasteiger partial charge is 0.241 e. The van der Waals surface area contributed by atoms with Gasteiger partial charge >= 0.3 is 0 Å². The third kappa shape index (κ3) is 4.88. The van der Waals surface area contributed by atoms with Gasteiger partial charge in [-0.2, -0.15) is 4.98 Å². The largest absolute Gasteiger partial charge is 0.497 e. The van der Waals surface area contributed by atoms with Gasteiger partial charge in [0.05, 0.1) is 25.6 Å². The normalized spacial score (nSPS) is 14.4. The standard InChI is InChI=1S/C27H29N5O3/c1-18-22-6-4-5-7-24(22)28-19(2)23(18)16-26(33)32-14-12-31(13-15-32)17-25-29-27(30-35-25)20-8-10-21(34-3)11-9-20/h4-11H,12-17H2,1-3H3. The maximum absolute atomic E-state index is 13.1. The Kier molecular flexibility index (Phi) is 6.46. The highest BCUT2D eigenvalue weighted by Crippen LogP contribution is 2.24. The number of nitrogens with zero attached hydrogens (tertiary/aromatic N) is 5. The Hall–Kier alpha value is -3.78. The molecule has 2 aromatic heterocycles. The van der Waals surface area contributed by atoms with Crippen LogP contribution >= 0.6 is 0 Å². The topological polar surface area (TPSA) is 84.6 Å². The first-order chi connectivity index (χ1) is 17.0. The predicted octanol–water partition coefficient (Wildman–Crippen LogP) is 3.80. The van der Waals surface area contributed by atoms with Gasteiger partial charge in [0.25, 0.3) is 0 Å². The van der Waals surface area contributed by atoms with Crippen molar-refractivity contribution in [3.8, 4) is 17.1 Å². The van der Waals surface area contributed by atoms with Gasteiger partial charge in [-0.15, -0.1) is 0 Å². The van der Waals surface area contributed by atoms with Crippen molar-refractivity contribution in [1.82, 2.24) is 24.9 Å². The number of amides is 1. The van der Waals surface area contributed by atoms with E-state index in [-0.39, 0.29) is 5.91 Å². The van der Waals surface area contributed by atoms with E-state index in [0.717, 1.165) is 52.1 Å². The Balaban J connectivity index is 1.18. The second-order valence-corrected chi connectivity index (χ2v) is 8.89. The lowest BCUT2D eigenvalue weighted by atomic mass is 9.99. The highest BCUT2D eigenvalue weighted by atomic mass is 16.5. The van der Waals surface area contributed by atoms with Crippen LogP contribution in [0.2, 0.25) is 0 Å². The SMILES string of the molecule is COc1ccc(-c2noc(CN3CCN(C(=O)Cc4c(C)nc5ccccc5c4C)CC3)n2)cc1. The van der Waals surface area contributed by atoms with E-state index in [0.29, 0.717) is 37.8 Å². The van der Waals surface area contributed by atoms with Crippen LogP contribution in [0.3, 0.4) is 0 Å². The number of fused-ring (bicyclic) bond motifs is 1. The number of carbonyl (C=O) groups excluding carboxylic acids is 1. The molecule has 0 spiro atoms. The number of methoxy groups -OCH3 is 1. The van der Waals surface area contributed by atoms with Crippen LogP contribution in [0, 0.1) is 13.8 Å². The molecule has 0 aliphatic carbocycles.